The van der Waals surface area contributed by atoms with Crippen molar-refractivity contribution in [2.24, 2.45) is 0 Å². The van der Waals surface area contributed by atoms with Gasteiger partial charge in [0.05, 0.1) is 0 Å². The molecule has 1 saturated heterocycles. The molecule has 17 heavy (non-hydrogen) atoms. The molecule has 0 aromatic carbocycles. The smallest absolute Gasteiger partial charge is 0.0362 e. The summed E-state index contributed by atoms with van der Waals surface area (Å²) in [7, 11) is 2.18. The first kappa shape index (κ1) is 13.4. The van der Waals surface area contributed by atoms with E-state index in [1.54, 1.807) is 0 Å². The van der Waals surface area contributed by atoms with Gasteiger partial charge in [0, 0.05) is 11.6 Å². The minimum atomic E-state index is 0.514. The average molecular weight is 238 g/mol. The number of hydrogen-bond donors (Lipinski definition) is 1. The monoisotopic (exact) mass is 238 g/mol. The van der Waals surface area contributed by atoms with Gasteiger partial charge in [-0.25, -0.2) is 0 Å². The van der Waals surface area contributed by atoms with Gasteiger partial charge in [0.2, 0.25) is 0 Å². The lowest BCUT2D eigenvalue weighted by Gasteiger charge is -2.45. The van der Waals surface area contributed by atoms with Gasteiger partial charge in [0.25, 0.3) is 0 Å². The summed E-state index contributed by atoms with van der Waals surface area (Å²) in [5.74, 6) is 0. The van der Waals surface area contributed by atoms with Crippen LogP contribution in [0.4, 0.5) is 0 Å². The third kappa shape index (κ3) is 2.68. The summed E-state index contributed by atoms with van der Waals surface area (Å²) in [6.45, 7) is 5.01. The summed E-state index contributed by atoms with van der Waals surface area (Å²) in [6, 6.07) is 0.725. The van der Waals surface area contributed by atoms with E-state index in [-0.39, 0.29) is 0 Å². The van der Waals surface area contributed by atoms with Crippen LogP contribution in [0.1, 0.15) is 64.7 Å². The summed E-state index contributed by atoms with van der Waals surface area (Å²) in [5.41, 5.74) is 0.514. The highest BCUT2D eigenvalue weighted by atomic mass is 15.2. The van der Waals surface area contributed by atoms with Gasteiger partial charge in [-0.15, -0.1) is 0 Å². The second-order valence-electron chi connectivity index (χ2n) is 5.99. The summed E-state index contributed by atoms with van der Waals surface area (Å²) >= 11 is 0. The largest absolute Gasteiger partial charge is 0.315 e. The van der Waals surface area contributed by atoms with E-state index >= 15 is 0 Å². The maximum Gasteiger partial charge on any atom is 0.0362 e. The van der Waals surface area contributed by atoms with Crippen LogP contribution in [0.15, 0.2) is 0 Å². The maximum absolute atomic E-state index is 3.65. The number of unbranched alkanes of at least 4 members (excludes halogenated alkanes) is 1. The van der Waals surface area contributed by atoms with Gasteiger partial charge >= 0.3 is 0 Å². The van der Waals surface area contributed by atoms with Crippen molar-refractivity contribution in [2.75, 3.05) is 20.1 Å². The molecule has 0 aromatic rings. The molecule has 100 valence electrons. The molecule has 0 aromatic heterocycles. The SMILES string of the molecule is CCCCC(NC)C1(N2CCCC2)CCCC1. The van der Waals surface area contributed by atoms with Gasteiger partial charge in [-0.1, -0.05) is 32.6 Å². The van der Waals surface area contributed by atoms with Crippen LogP contribution in [0, 0.1) is 0 Å². The second-order valence-corrected chi connectivity index (χ2v) is 5.99. The van der Waals surface area contributed by atoms with Crippen molar-refractivity contribution in [1.29, 1.82) is 0 Å². The molecule has 1 atom stereocenters. The van der Waals surface area contributed by atoms with Gasteiger partial charge in [-0.2, -0.15) is 0 Å². The molecule has 1 N–H and O–H groups in total. The number of nitrogens with one attached hydrogen (secondary N) is 1. The van der Waals surface area contributed by atoms with E-state index in [2.05, 4.69) is 24.2 Å². The number of hydrogen-bond acceptors (Lipinski definition) is 2. The lowest BCUT2D eigenvalue weighted by Crippen LogP contribution is -2.58. The molecule has 0 amide bonds. The minimum absolute atomic E-state index is 0.514. The lowest BCUT2D eigenvalue weighted by molar-refractivity contribution is 0.0752. The molecule has 2 aliphatic rings. The topological polar surface area (TPSA) is 15.3 Å². The molecule has 2 heteroatoms. The molecule has 1 aliphatic heterocycles. The fourth-order valence-electron chi connectivity index (χ4n) is 4.12. The molecule has 0 bridgehead atoms. The van der Waals surface area contributed by atoms with Crippen molar-refractivity contribution >= 4 is 0 Å². The van der Waals surface area contributed by atoms with Crippen LogP contribution >= 0.6 is 0 Å². The van der Waals surface area contributed by atoms with E-state index in [1.807, 2.05) is 0 Å². The van der Waals surface area contributed by atoms with Crippen molar-refractivity contribution in [3.05, 3.63) is 0 Å². The zero-order valence-corrected chi connectivity index (χ0v) is 11.8. The molecule has 2 fully saturated rings. The fraction of sp³-hybridized carbons (Fsp3) is 1.00. The molecule has 1 aliphatic carbocycles. The number of rotatable bonds is 6. The van der Waals surface area contributed by atoms with Gasteiger partial charge in [0.1, 0.15) is 0 Å². The second kappa shape index (κ2) is 6.19. The van der Waals surface area contributed by atoms with E-state index in [9.17, 15) is 0 Å². The maximum atomic E-state index is 3.65. The third-order valence-electron chi connectivity index (χ3n) is 5.05. The normalized spacial score (nSPS) is 26.5. The zero-order valence-electron chi connectivity index (χ0n) is 11.8. The minimum Gasteiger partial charge on any atom is -0.315 e. The Kier molecular flexibility index (Phi) is 4.87. The molecule has 0 radical (unpaired) electrons. The van der Waals surface area contributed by atoms with Gasteiger partial charge in [-0.05, 0) is 52.2 Å². The van der Waals surface area contributed by atoms with Crippen LogP contribution < -0.4 is 5.32 Å². The highest BCUT2D eigenvalue weighted by Gasteiger charge is 2.45. The first-order valence-corrected chi connectivity index (χ1v) is 7.76. The Labute approximate surface area is 107 Å². The average Bonchev–Trinajstić information content (AvgIpc) is 3.01. The molecule has 1 heterocycles. The van der Waals surface area contributed by atoms with Gasteiger partial charge in [-0.3, -0.25) is 4.90 Å². The van der Waals surface area contributed by atoms with E-state index in [1.165, 1.54) is 70.9 Å². The van der Waals surface area contributed by atoms with Crippen molar-refractivity contribution < 1.29 is 0 Å². The molecule has 2 nitrogen and oxygen atoms in total. The Morgan fingerprint density at radius 1 is 1.12 bits per heavy atom. The van der Waals surface area contributed by atoms with Crippen LogP contribution in [-0.2, 0) is 0 Å². The summed E-state index contributed by atoms with van der Waals surface area (Å²) in [5, 5.41) is 3.65. The van der Waals surface area contributed by atoms with Crippen molar-refractivity contribution in [2.45, 2.75) is 76.3 Å². The Morgan fingerprint density at radius 3 is 2.29 bits per heavy atom. The van der Waals surface area contributed by atoms with E-state index in [0.717, 1.165) is 6.04 Å². The van der Waals surface area contributed by atoms with Crippen molar-refractivity contribution in [3.63, 3.8) is 0 Å². The summed E-state index contributed by atoms with van der Waals surface area (Å²) in [6.07, 6.45) is 12.7. The van der Waals surface area contributed by atoms with Crippen LogP contribution in [0.3, 0.4) is 0 Å². The van der Waals surface area contributed by atoms with Crippen LogP contribution in [0.25, 0.3) is 0 Å². The van der Waals surface area contributed by atoms with Crippen LogP contribution in [0.2, 0.25) is 0 Å². The van der Waals surface area contributed by atoms with Crippen molar-refractivity contribution in [1.82, 2.24) is 10.2 Å². The predicted octanol–water partition coefficient (Wildman–Crippen LogP) is 3.17. The lowest BCUT2D eigenvalue weighted by atomic mass is 9.83. The molecule has 0 spiro atoms. The highest BCUT2D eigenvalue weighted by Crippen LogP contribution is 2.41. The van der Waals surface area contributed by atoms with Crippen LogP contribution in [-0.4, -0.2) is 36.6 Å². The number of likely N-dealkylation sites (N-methyl/N-ethyl adjacent to an activating group) is 1. The predicted molar refractivity (Wildman–Crippen MR) is 74.4 cm³/mol. The quantitative estimate of drug-likeness (QED) is 0.764. The van der Waals surface area contributed by atoms with Gasteiger partial charge in [0.15, 0.2) is 0 Å². The number of nitrogens with zero attached hydrogens (tertiary/aromatic N) is 1. The zero-order chi connectivity index (χ0) is 12.1. The molecule has 1 unspecified atom stereocenters. The van der Waals surface area contributed by atoms with Crippen LogP contribution in [0.5, 0.6) is 0 Å². The fourth-order valence-corrected chi connectivity index (χ4v) is 4.12. The Hall–Kier alpha value is -0.0800. The van der Waals surface area contributed by atoms with Crippen molar-refractivity contribution in [3.8, 4) is 0 Å². The van der Waals surface area contributed by atoms with E-state index in [0.29, 0.717) is 5.54 Å². The molecular formula is C15H30N2. The standard InChI is InChI=1S/C15H30N2/c1-3-4-9-14(16-2)15(10-5-6-11-15)17-12-7-8-13-17/h14,16H,3-13H2,1-2H3. The van der Waals surface area contributed by atoms with E-state index in [4.69, 9.17) is 0 Å². The Balaban J connectivity index is 2.07. The first-order chi connectivity index (χ1) is 8.33. The molecule has 2 rings (SSSR count). The summed E-state index contributed by atoms with van der Waals surface area (Å²) < 4.78 is 0. The third-order valence-corrected chi connectivity index (χ3v) is 5.05. The van der Waals surface area contributed by atoms with Gasteiger partial charge < -0.3 is 5.32 Å². The Bertz CT molecular complexity index is 215. The number of likely N-dealkylation sites (tertiary alicyclic amines) is 1. The molecule has 1 saturated carbocycles. The van der Waals surface area contributed by atoms with E-state index < -0.39 is 0 Å². The Morgan fingerprint density at radius 2 is 1.76 bits per heavy atom. The summed E-state index contributed by atoms with van der Waals surface area (Å²) in [4.78, 5) is 2.83. The molecular weight excluding hydrogens is 208 g/mol. The first-order valence-electron chi connectivity index (χ1n) is 7.76. The highest BCUT2D eigenvalue weighted by molar-refractivity contribution is 5.04.